The second kappa shape index (κ2) is 6.62. The number of alkyl halides is 3. The summed E-state index contributed by atoms with van der Waals surface area (Å²) in [5.74, 6) is -0.593. The first-order chi connectivity index (χ1) is 10.6. The van der Waals surface area contributed by atoms with Crippen LogP contribution in [0.3, 0.4) is 0 Å². The second-order valence-corrected chi connectivity index (χ2v) is 6.26. The van der Waals surface area contributed by atoms with Crippen LogP contribution in [0, 0.1) is 5.41 Å². The first-order valence-corrected chi connectivity index (χ1v) is 7.26. The van der Waals surface area contributed by atoms with Crippen molar-refractivity contribution in [3.05, 3.63) is 29.0 Å². The molecule has 0 radical (unpaired) electrons. The Morgan fingerprint density at radius 2 is 2.17 bits per heavy atom. The van der Waals surface area contributed by atoms with Gasteiger partial charge < -0.3 is 0 Å². The number of nitrogens with zero attached hydrogens (tertiary/aromatic N) is 2. The number of ether oxygens (including phenoxy) is 1. The van der Waals surface area contributed by atoms with Crippen molar-refractivity contribution in [3.63, 3.8) is 0 Å². The number of hydrogen-bond acceptors (Lipinski definition) is 4. The Hall–Kier alpha value is -1.38. The number of hydrogen-bond donors (Lipinski definition) is 0. The Kier molecular flexibility index (Phi) is 5.17. The van der Waals surface area contributed by atoms with Crippen molar-refractivity contribution in [2.24, 2.45) is 5.41 Å². The number of carbonyl (C=O) groups excluding carboxylic acids is 1. The number of carbonyl (C=O) groups is 1. The number of halogens is 4. The molecule has 0 aliphatic carbocycles. The van der Waals surface area contributed by atoms with Crippen molar-refractivity contribution in [3.8, 4) is 0 Å². The minimum Gasteiger partial charge on any atom is -0.291 e. The van der Waals surface area contributed by atoms with Crippen LogP contribution >= 0.6 is 11.6 Å². The van der Waals surface area contributed by atoms with Crippen LogP contribution in [0.5, 0.6) is 0 Å². The normalized spacial score (nSPS) is 19.2. The molecule has 2 heterocycles. The van der Waals surface area contributed by atoms with Crippen LogP contribution in [0.25, 0.3) is 0 Å². The van der Waals surface area contributed by atoms with Crippen molar-refractivity contribution < 1.29 is 27.5 Å². The van der Waals surface area contributed by atoms with Crippen LogP contribution in [0.15, 0.2) is 18.5 Å². The molecule has 1 atom stereocenters. The van der Waals surface area contributed by atoms with Crippen molar-refractivity contribution in [2.75, 3.05) is 13.2 Å². The third kappa shape index (κ3) is 4.55. The predicted octanol–water partition coefficient (Wildman–Crippen LogP) is 3.50. The molecule has 0 spiro atoms. The molecule has 5 nitrogen and oxygen atoms in total. The first kappa shape index (κ1) is 18.0. The summed E-state index contributed by atoms with van der Waals surface area (Å²) in [4.78, 5) is 21.8. The molecule has 128 valence electrons. The smallest absolute Gasteiger partial charge is 0.291 e. The number of pyridine rings is 1. The highest BCUT2D eigenvalue weighted by Crippen LogP contribution is 2.35. The van der Waals surface area contributed by atoms with Crippen LogP contribution in [0.2, 0.25) is 5.02 Å². The molecule has 1 aliphatic heterocycles. The zero-order valence-corrected chi connectivity index (χ0v) is 13.3. The molecule has 1 aromatic heterocycles. The molecule has 0 N–H and O–H groups in total. The molecule has 2 rings (SSSR count). The molecule has 1 fully saturated rings. The molecule has 0 saturated carbocycles. The van der Waals surface area contributed by atoms with Crippen molar-refractivity contribution >= 4 is 17.5 Å². The summed E-state index contributed by atoms with van der Waals surface area (Å²) in [6, 6.07) is 1.20. The fraction of sp³-hybridized carbons (Fsp3) is 0.571. The lowest BCUT2D eigenvalue weighted by atomic mass is 9.92. The highest BCUT2D eigenvalue weighted by atomic mass is 35.5. The molecule has 0 unspecified atom stereocenters. The monoisotopic (exact) mass is 352 g/mol. The molecule has 0 bridgehead atoms. The van der Waals surface area contributed by atoms with Gasteiger partial charge in [-0.25, -0.2) is 5.06 Å². The molecule has 1 saturated heterocycles. The van der Waals surface area contributed by atoms with Gasteiger partial charge in [0.2, 0.25) is 0 Å². The van der Waals surface area contributed by atoms with Gasteiger partial charge in [0.05, 0.1) is 29.7 Å². The van der Waals surface area contributed by atoms with E-state index >= 15 is 0 Å². The lowest BCUT2D eigenvalue weighted by Gasteiger charge is -2.31. The topological polar surface area (TPSA) is 51.7 Å². The Morgan fingerprint density at radius 3 is 2.78 bits per heavy atom. The van der Waals surface area contributed by atoms with Crippen LogP contribution in [-0.2, 0) is 14.4 Å². The van der Waals surface area contributed by atoms with Gasteiger partial charge in [-0.05, 0) is 25.5 Å². The lowest BCUT2D eigenvalue weighted by Crippen LogP contribution is -2.43. The first-order valence-electron chi connectivity index (χ1n) is 6.88. The molecule has 9 heteroatoms. The van der Waals surface area contributed by atoms with Crippen LogP contribution in [0.1, 0.15) is 31.9 Å². The van der Waals surface area contributed by atoms with E-state index in [1.54, 1.807) is 12.3 Å². The summed E-state index contributed by atoms with van der Waals surface area (Å²) in [5, 5.41) is 1.49. The zero-order valence-electron chi connectivity index (χ0n) is 12.6. The Balaban J connectivity index is 2.14. The largest absolute Gasteiger partial charge is 0.522 e. The van der Waals surface area contributed by atoms with E-state index in [0.29, 0.717) is 17.0 Å². The Labute approximate surface area is 136 Å². The van der Waals surface area contributed by atoms with Crippen molar-refractivity contribution in [1.82, 2.24) is 10.0 Å². The SMILES string of the molecule is CC(C)(COC(F)(F)F)C(=O)N1OCC[C@H]1c1cncc(Cl)c1. The van der Waals surface area contributed by atoms with E-state index in [1.165, 1.54) is 20.0 Å². The van der Waals surface area contributed by atoms with Crippen LogP contribution in [-0.4, -0.2) is 35.5 Å². The lowest BCUT2D eigenvalue weighted by molar-refractivity contribution is -0.331. The van der Waals surface area contributed by atoms with Gasteiger partial charge in [0, 0.05) is 18.8 Å². The predicted molar refractivity (Wildman–Crippen MR) is 75.2 cm³/mol. The number of rotatable bonds is 4. The number of hydroxylamine groups is 2. The maximum absolute atomic E-state index is 12.6. The van der Waals surface area contributed by atoms with E-state index in [-0.39, 0.29) is 6.61 Å². The highest BCUT2D eigenvalue weighted by molar-refractivity contribution is 6.30. The van der Waals surface area contributed by atoms with Gasteiger partial charge in [-0.2, -0.15) is 0 Å². The van der Waals surface area contributed by atoms with Gasteiger partial charge in [-0.1, -0.05) is 11.6 Å². The van der Waals surface area contributed by atoms with E-state index < -0.39 is 30.3 Å². The Bertz CT molecular complexity index is 581. The third-order valence-corrected chi connectivity index (χ3v) is 3.60. The molecular weight excluding hydrogens is 337 g/mol. The van der Waals surface area contributed by atoms with Gasteiger partial charge in [0.1, 0.15) is 0 Å². The van der Waals surface area contributed by atoms with Gasteiger partial charge in [-0.15, -0.1) is 13.2 Å². The summed E-state index contributed by atoms with van der Waals surface area (Å²) in [7, 11) is 0. The van der Waals surface area contributed by atoms with Crippen molar-refractivity contribution in [1.29, 1.82) is 0 Å². The van der Waals surface area contributed by atoms with Gasteiger partial charge in [0.15, 0.2) is 0 Å². The van der Waals surface area contributed by atoms with Crippen LogP contribution < -0.4 is 0 Å². The minimum atomic E-state index is -4.79. The van der Waals surface area contributed by atoms with E-state index in [2.05, 4.69) is 9.72 Å². The maximum atomic E-state index is 12.6. The Morgan fingerprint density at radius 1 is 1.48 bits per heavy atom. The van der Waals surface area contributed by atoms with Gasteiger partial charge >= 0.3 is 6.36 Å². The van der Waals surface area contributed by atoms with E-state index in [4.69, 9.17) is 16.4 Å². The summed E-state index contributed by atoms with van der Waals surface area (Å²) in [6.07, 6.45) is -1.29. The van der Waals surface area contributed by atoms with Gasteiger partial charge in [0.25, 0.3) is 5.91 Å². The minimum absolute atomic E-state index is 0.277. The van der Waals surface area contributed by atoms with Crippen LogP contribution in [0.4, 0.5) is 13.2 Å². The molecular formula is C14H16ClF3N2O3. The number of amides is 1. The molecule has 1 aromatic rings. The molecule has 1 aliphatic rings. The van der Waals surface area contributed by atoms with Gasteiger partial charge in [-0.3, -0.25) is 19.4 Å². The highest BCUT2D eigenvalue weighted by Gasteiger charge is 2.42. The average Bonchev–Trinajstić information content (AvgIpc) is 2.93. The molecule has 0 aromatic carbocycles. The summed E-state index contributed by atoms with van der Waals surface area (Å²) in [6.45, 7) is 2.22. The average molecular weight is 353 g/mol. The van der Waals surface area contributed by atoms with E-state index in [9.17, 15) is 18.0 Å². The standard InChI is InChI=1S/C14H16ClF3N2O3/c1-13(2,8-22-14(16,17)18)12(21)20-11(3-4-23-20)9-5-10(15)7-19-6-9/h5-7,11H,3-4,8H2,1-2H3/t11-/m0/s1. The number of aromatic nitrogens is 1. The summed E-state index contributed by atoms with van der Waals surface area (Å²) in [5.41, 5.74) is -0.736. The molecule has 1 amide bonds. The fourth-order valence-corrected chi connectivity index (χ4v) is 2.39. The molecule has 23 heavy (non-hydrogen) atoms. The summed E-state index contributed by atoms with van der Waals surface area (Å²) >= 11 is 5.89. The fourth-order valence-electron chi connectivity index (χ4n) is 2.20. The second-order valence-electron chi connectivity index (χ2n) is 5.82. The maximum Gasteiger partial charge on any atom is 0.522 e. The summed E-state index contributed by atoms with van der Waals surface area (Å²) < 4.78 is 40.4. The van der Waals surface area contributed by atoms with E-state index in [0.717, 1.165) is 5.06 Å². The zero-order chi connectivity index (χ0) is 17.3. The van der Waals surface area contributed by atoms with Crippen molar-refractivity contribution in [2.45, 2.75) is 32.7 Å². The quantitative estimate of drug-likeness (QED) is 0.832. The third-order valence-electron chi connectivity index (χ3n) is 3.39. The van der Waals surface area contributed by atoms with E-state index in [1.807, 2.05) is 0 Å².